The fraction of sp³-hybridized carbons (Fsp3) is 0.267. The summed E-state index contributed by atoms with van der Waals surface area (Å²) in [5.41, 5.74) is 1.48. The molecule has 0 radical (unpaired) electrons. The first-order valence-electron chi connectivity index (χ1n) is 6.65. The molecule has 1 unspecified atom stereocenters. The normalized spacial score (nSPS) is 12.0. The number of amides is 2. The van der Waals surface area contributed by atoms with Crippen LogP contribution in [0.2, 0.25) is 5.02 Å². The number of hydrogen-bond donors (Lipinski definition) is 3. The Kier molecular flexibility index (Phi) is 5.76. The largest absolute Gasteiger partial charge is 0.387 e. The molecule has 0 saturated heterocycles. The van der Waals surface area contributed by atoms with Crippen LogP contribution in [-0.2, 0) is 6.54 Å². The van der Waals surface area contributed by atoms with Crippen molar-refractivity contribution in [3.05, 3.63) is 56.5 Å². The van der Waals surface area contributed by atoms with Crippen LogP contribution < -0.4 is 10.6 Å². The Hall–Kier alpha value is -1.63. The zero-order valence-corrected chi connectivity index (χ0v) is 13.5. The standard InChI is InChI=1S/C15H16ClFN2O2S/c1-9-4-5-22-14(9)8-19-15(21)18-7-13(20)10-2-3-11(16)12(17)6-10/h2-6,13,20H,7-8H2,1H3,(H2,18,19,21). The van der Waals surface area contributed by atoms with Crippen molar-refractivity contribution in [2.75, 3.05) is 6.54 Å². The van der Waals surface area contributed by atoms with E-state index in [4.69, 9.17) is 11.6 Å². The van der Waals surface area contributed by atoms with E-state index in [-0.39, 0.29) is 17.6 Å². The van der Waals surface area contributed by atoms with Crippen molar-refractivity contribution in [2.45, 2.75) is 19.6 Å². The molecule has 0 aliphatic heterocycles. The number of aryl methyl sites for hydroxylation is 1. The summed E-state index contributed by atoms with van der Waals surface area (Å²) in [4.78, 5) is 12.8. The van der Waals surface area contributed by atoms with Crippen LogP contribution >= 0.6 is 22.9 Å². The number of aliphatic hydroxyl groups is 1. The number of benzene rings is 1. The third-order valence-corrected chi connectivity index (χ3v) is 4.49. The van der Waals surface area contributed by atoms with Gasteiger partial charge in [0.2, 0.25) is 0 Å². The average Bonchev–Trinajstić information content (AvgIpc) is 2.90. The second-order valence-corrected chi connectivity index (χ2v) is 6.19. The van der Waals surface area contributed by atoms with Gasteiger partial charge in [-0.05, 0) is 41.6 Å². The molecule has 2 rings (SSSR count). The predicted molar refractivity (Wildman–Crippen MR) is 85.7 cm³/mol. The Balaban J connectivity index is 1.80. The van der Waals surface area contributed by atoms with Crippen molar-refractivity contribution in [3.8, 4) is 0 Å². The smallest absolute Gasteiger partial charge is 0.315 e. The fourth-order valence-corrected chi connectivity index (χ4v) is 2.80. The molecule has 1 atom stereocenters. The highest BCUT2D eigenvalue weighted by Crippen LogP contribution is 2.20. The zero-order chi connectivity index (χ0) is 16.1. The minimum atomic E-state index is -0.999. The third kappa shape index (κ3) is 4.43. The summed E-state index contributed by atoms with van der Waals surface area (Å²) >= 11 is 7.15. The van der Waals surface area contributed by atoms with Gasteiger partial charge in [-0.3, -0.25) is 0 Å². The number of halogens is 2. The Morgan fingerprint density at radius 2 is 2.18 bits per heavy atom. The van der Waals surface area contributed by atoms with Crippen LogP contribution in [0.1, 0.15) is 22.1 Å². The molecule has 22 heavy (non-hydrogen) atoms. The first kappa shape index (κ1) is 16.7. The van der Waals surface area contributed by atoms with Crippen molar-refractivity contribution < 1.29 is 14.3 Å². The molecular formula is C15H16ClFN2O2S. The van der Waals surface area contributed by atoms with E-state index in [1.54, 1.807) is 11.3 Å². The van der Waals surface area contributed by atoms with E-state index in [1.165, 1.54) is 12.1 Å². The third-order valence-electron chi connectivity index (χ3n) is 3.16. The second-order valence-electron chi connectivity index (χ2n) is 4.78. The number of hydrogen-bond acceptors (Lipinski definition) is 3. The zero-order valence-electron chi connectivity index (χ0n) is 11.9. The highest BCUT2D eigenvalue weighted by Gasteiger charge is 2.12. The number of aliphatic hydroxyl groups excluding tert-OH is 1. The molecule has 3 N–H and O–H groups in total. The lowest BCUT2D eigenvalue weighted by Crippen LogP contribution is -2.37. The van der Waals surface area contributed by atoms with Gasteiger partial charge in [-0.2, -0.15) is 0 Å². The molecule has 1 aromatic carbocycles. The Bertz CT molecular complexity index is 663. The summed E-state index contributed by atoms with van der Waals surface area (Å²) in [6.45, 7) is 2.39. The van der Waals surface area contributed by atoms with Crippen LogP contribution in [-0.4, -0.2) is 17.7 Å². The molecule has 7 heteroatoms. The minimum absolute atomic E-state index is 0.00651. The molecule has 0 aliphatic carbocycles. The molecule has 0 fully saturated rings. The quantitative estimate of drug-likeness (QED) is 0.780. The molecular weight excluding hydrogens is 327 g/mol. The van der Waals surface area contributed by atoms with Crippen LogP contribution in [0.25, 0.3) is 0 Å². The monoisotopic (exact) mass is 342 g/mol. The van der Waals surface area contributed by atoms with Crippen LogP contribution in [0.15, 0.2) is 29.6 Å². The van der Waals surface area contributed by atoms with Gasteiger partial charge in [0.25, 0.3) is 0 Å². The molecule has 118 valence electrons. The van der Waals surface area contributed by atoms with E-state index in [0.717, 1.165) is 16.5 Å². The van der Waals surface area contributed by atoms with E-state index in [2.05, 4.69) is 10.6 Å². The molecule has 4 nitrogen and oxygen atoms in total. The lowest BCUT2D eigenvalue weighted by Gasteiger charge is -2.13. The lowest BCUT2D eigenvalue weighted by atomic mass is 10.1. The first-order chi connectivity index (χ1) is 10.5. The summed E-state index contributed by atoms with van der Waals surface area (Å²) in [6, 6.07) is 5.64. The van der Waals surface area contributed by atoms with Gasteiger partial charge in [0.15, 0.2) is 0 Å². The molecule has 1 heterocycles. The molecule has 2 aromatic rings. The summed E-state index contributed by atoms with van der Waals surface area (Å²) < 4.78 is 13.3. The summed E-state index contributed by atoms with van der Waals surface area (Å²) in [6.07, 6.45) is -0.999. The fourth-order valence-electron chi connectivity index (χ4n) is 1.84. The Labute approximate surface area is 136 Å². The highest BCUT2D eigenvalue weighted by atomic mass is 35.5. The predicted octanol–water partition coefficient (Wildman–Crippen LogP) is 3.38. The molecule has 1 aromatic heterocycles. The van der Waals surface area contributed by atoms with Gasteiger partial charge in [-0.1, -0.05) is 17.7 Å². The Morgan fingerprint density at radius 3 is 2.82 bits per heavy atom. The van der Waals surface area contributed by atoms with Crippen molar-refractivity contribution in [2.24, 2.45) is 0 Å². The lowest BCUT2D eigenvalue weighted by molar-refractivity contribution is 0.172. The SMILES string of the molecule is Cc1ccsc1CNC(=O)NCC(O)c1ccc(Cl)c(F)c1. The summed E-state index contributed by atoms with van der Waals surface area (Å²) in [7, 11) is 0. The van der Waals surface area contributed by atoms with Crippen molar-refractivity contribution >= 4 is 29.0 Å². The summed E-state index contributed by atoms with van der Waals surface area (Å²) in [5.74, 6) is -0.601. The van der Waals surface area contributed by atoms with Crippen LogP contribution in [0.4, 0.5) is 9.18 Å². The topological polar surface area (TPSA) is 61.4 Å². The maximum Gasteiger partial charge on any atom is 0.315 e. The van der Waals surface area contributed by atoms with Crippen LogP contribution in [0.5, 0.6) is 0 Å². The van der Waals surface area contributed by atoms with E-state index in [1.807, 2.05) is 18.4 Å². The molecule has 0 saturated carbocycles. The highest BCUT2D eigenvalue weighted by molar-refractivity contribution is 7.10. The van der Waals surface area contributed by atoms with E-state index < -0.39 is 11.9 Å². The number of urea groups is 1. The number of thiophene rings is 1. The van der Waals surface area contributed by atoms with E-state index >= 15 is 0 Å². The second kappa shape index (κ2) is 7.58. The van der Waals surface area contributed by atoms with Crippen molar-refractivity contribution in [1.82, 2.24) is 10.6 Å². The van der Waals surface area contributed by atoms with Gasteiger partial charge >= 0.3 is 6.03 Å². The van der Waals surface area contributed by atoms with Crippen LogP contribution in [0, 0.1) is 12.7 Å². The first-order valence-corrected chi connectivity index (χ1v) is 7.91. The van der Waals surface area contributed by atoms with Gasteiger partial charge < -0.3 is 15.7 Å². The number of nitrogens with one attached hydrogen (secondary N) is 2. The van der Waals surface area contributed by atoms with E-state index in [9.17, 15) is 14.3 Å². The van der Waals surface area contributed by atoms with E-state index in [0.29, 0.717) is 12.1 Å². The van der Waals surface area contributed by atoms with Gasteiger partial charge in [0.1, 0.15) is 5.82 Å². The molecule has 0 aliphatic rings. The summed E-state index contributed by atoms with van der Waals surface area (Å²) in [5, 5.41) is 17.1. The van der Waals surface area contributed by atoms with Gasteiger partial charge in [0.05, 0.1) is 17.7 Å². The minimum Gasteiger partial charge on any atom is -0.387 e. The number of carbonyl (C=O) groups is 1. The molecule has 0 bridgehead atoms. The maximum absolute atomic E-state index is 13.3. The van der Waals surface area contributed by atoms with Gasteiger partial charge in [-0.25, -0.2) is 9.18 Å². The van der Waals surface area contributed by atoms with Gasteiger partial charge in [-0.15, -0.1) is 11.3 Å². The average molecular weight is 343 g/mol. The van der Waals surface area contributed by atoms with Crippen molar-refractivity contribution in [3.63, 3.8) is 0 Å². The number of carbonyl (C=O) groups excluding carboxylic acids is 1. The van der Waals surface area contributed by atoms with Crippen molar-refractivity contribution in [1.29, 1.82) is 0 Å². The van der Waals surface area contributed by atoms with Crippen LogP contribution in [0.3, 0.4) is 0 Å². The molecule has 0 spiro atoms. The van der Waals surface area contributed by atoms with Gasteiger partial charge in [0, 0.05) is 11.4 Å². The Morgan fingerprint density at radius 1 is 1.41 bits per heavy atom. The molecule has 2 amide bonds. The maximum atomic E-state index is 13.3. The number of rotatable bonds is 5.